The van der Waals surface area contributed by atoms with Gasteiger partial charge in [0.15, 0.2) is 14.6 Å². The standard InChI is InChI=1S/C21H27FN4O7S2/c1-3-33-21(29)25-8-6-24(7-9-25)19(28)14-35(30,31)13-18(27)23-20-26(10-11-32-2)16-5-4-15(22)12-17(16)34-20/h4-5,12H,3,6-11,13-14H2,1-2H3. The normalized spacial score (nSPS) is 15.0. The number of fused-ring (bicyclic) bond motifs is 1. The van der Waals surface area contributed by atoms with Crippen LogP contribution in [0.4, 0.5) is 9.18 Å². The van der Waals surface area contributed by atoms with Crippen LogP contribution in [-0.4, -0.2) is 98.7 Å². The van der Waals surface area contributed by atoms with Crippen LogP contribution in [0.15, 0.2) is 23.2 Å². The third-order valence-electron chi connectivity index (χ3n) is 5.23. The highest BCUT2D eigenvalue weighted by Gasteiger charge is 2.28. The van der Waals surface area contributed by atoms with Crippen molar-refractivity contribution in [3.63, 3.8) is 0 Å². The molecule has 2 aromatic rings. The van der Waals surface area contributed by atoms with E-state index in [1.54, 1.807) is 17.6 Å². The minimum absolute atomic E-state index is 0.170. The summed E-state index contributed by atoms with van der Waals surface area (Å²) in [4.78, 5) is 43.7. The van der Waals surface area contributed by atoms with Crippen molar-refractivity contribution in [1.29, 1.82) is 0 Å². The molecule has 1 aliphatic heterocycles. The van der Waals surface area contributed by atoms with Crippen molar-refractivity contribution in [1.82, 2.24) is 14.4 Å². The van der Waals surface area contributed by atoms with Gasteiger partial charge in [0.1, 0.15) is 17.3 Å². The Bertz CT molecular complexity index is 1260. The molecule has 0 atom stereocenters. The first-order chi connectivity index (χ1) is 16.6. The van der Waals surface area contributed by atoms with Crippen LogP contribution in [0, 0.1) is 5.82 Å². The number of hydrogen-bond acceptors (Lipinski definition) is 8. The van der Waals surface area contributed by atoms with Crippen molar-refractivity contribution < 1.29 is 36.7 Å². The van der Waals surface area contributed by atoms with E-state index in [0.717, 1.165) is 11.3 Å². The van der Waals surface area contributed by atoms with Gasteiger partial charge in [-0.25, -0.2) is 17.6 Å². The summed E-state index contributed by atoms with van der Waals surface area (Å²) in [5.41, 5.74) is 0.639. The quantitative estimate of drug-likeness (QED) is 0.490. The molecule has 0 aliphatic carbocycles. The molecule has 14 heteroatoms. The average Bonchev–Trinajstić information content (AvgIpc) is 3.12. The molecule has 0 unspecified atom stereocenters. The Balaban J connectivity index is 1.67. The summed E-state index contributed by atoms with van der Waals surface area (Å²) < 4.78 is 50.9. The van der Waals surface area contributed by atoms with E-state index < -0.39 is 45.1 Å². The molecular formula is C21H27FN4O7S2. The summed E-state index contributed by atoms with van der Waals surface area (Å²) >= 11 is 1.05. The summed E-state index contributed by atoms with van der Waals surface area (Å²) in [6, 6.07) is 4.15. The molecule has 0 saturated carbocycles. The average molecular weight is 531 g/mol. The van der Waals surface area contributed by atoms with Crippen LogP contribution in [0.25, 0.3) is 10.2 Å². The SMILES string of the molecule is CCOC(=O)N1CCN(C(=O)CS(=O)(=O)CC(=O)N=c2sc3cc(F)ccc3n2CCOC)CC1. The van der Waals surface area contributed by atoms with E-state index in [1.807, 2.05) is 0 Å². The summed E-state index contributed by atoms with van der Waals surface area (Å²) in [6.45, 7) is 3.36. The number of hydrogen-bond donors (Lipinski definition) is 0. The third-order valence-corrected chi connectivity index (χ3v) is 7.64. The second kappa shape index (κ2) is 11.7. The number of halogens is 1. The largest absolute Gasteiger partial charge is 0.450 e. The highest BCUT2D eigenvalue weighted by atomic mass is 32.2. The molecule has 11 nitrogen and oxygen atoms in total. The number of thiazole rings is 1. The van der Waals surface area contributed by atoms with Crippen LogP contribution >= 0.6 is 11.3 Å². The van der Waals surface area contributed by atoms with Gasteiger partial charge in [0.25, 0.3) is 5.91 Å². The zero-order valence-electron chi connectivity index (χ0n) is 19.4. The fraction of sp³-hybridized carbons (Fsp3) is 0.524. The molecule has 0 N–H and O–H groups in total. The Morgan fingerprint density at radius 1 is 1.11 bits per heavy atom. The van der Waals surface area contributed by atoms with Crippen molar-refractivity contribution in [3.8, 4) is 0 Å². The van der Waals surface area contributed by atoms with E-state index in [1.165, 1.54) is 29.0 Å². The molecule has 3 rings (SSSR count). The van der Waals surface area contributed by atoms with Gasteiger partial charge in [-0.1, -0.05) is 11.3 Å². The maximum atomic E-state index is 13.6. The molecule has 1 saturated heterocycles. The Kier molecular flexibility index (Phi) is 8.97. The summed E-state index contributed by atoms with van der Waals surface area (Å²) in [5.74, 6) is -3.79. The molecule has 3 amide bonds. The van der Waals surface area contributed by atoms with Gasteiger partial charge < -0.3 is 23.8 Å². The van der Waals surface area contributed by atoms with Crippen LogP contribution in [0.1, 0.15) is 6.92 Å². The first-order valence-corrected chi connectivity index (χ1v) is 13.5. The lowest BCUT2D eigenvalue weighted by molar-refractivity contribution is -0.130. The van der Waals surface area contributed by atoms with Gasteiger partial charge in [-0.05, 0) is 25.1 Å². The van der Waals surface area contributed by atoms with Gasteiger partial charge in [0.05, 0.1) is 23.4 Å². The van der Waals surface area contributed by atoms with Crippen LogP contribution in [0.3, 0.4) is 0 Å². The summed E-state index contributed by atoms with van der Waals surface area (Å²) in [5, 5.41) is 0. The number of carbonyl (C=O) groups is 3. The Morgan fingerprint density at radius 2 is 1.80 bits per heavy atom. The number of ether oxygens (including phenoxy) is 2. The molecule has 192 valence electrons. The smallest absolute Gasteiger partial charge is 0.409 e. The number of aromatic nitrogens is 1. The topological polar surface area (TPSA) is 128 Å². The zero-order valence-corrected chi connectivity index (χ0v) is 21.1. The number of sulfone groups is 1. The summed E-state index contributed by atoms with van der Waals surface area (Å²) in [7, 11) is -2.57. The molecule has 2 heterocycles. The number of amides is 3. The van der Waals surface area contributed by atoms with Crippen molar-refractivity contribution in [2.75, 3.05) is 58.0 Å². The van der Waals surface area contributed by atoms with Crippen molar-refractivity contribution in [2.45, 2.75) is 13.5 Å². The Labute approximate surface area is 205 Å². The van der Waals surface area contributed by atoms with Crippen LogP contribution in [0.5, 0.6) is 0 Å². The fourth-order valence-corrected chi connectivity index (χ4v) is 5.74. The second-order valence-corrected chi connectivity index (χ2v) is 10.8. The molecule has 0 radical (unpaired) electrons. The molecule has 1 aromatic heterocycles. The molecule has 1 fully saturated rings. The molecule has 0 spiro atoms. The Hall–Kier alpha value is -2.84. The number of piperazine rings is 1. The molecular weight excluding hydrogens is 503 g/mol. The minimum Gasteiger partial charge on any atom is -0.450 e. The van der Waals surface area contributed by atoms with Gasteiger partial charge in [-0.3, -0.25) is 9.59 Å². The van der Waals surface area contributed by atoms with E-state index in [4.69, 9.17) is 9.47 Å². The number of benzene rings is 1. The number of nitrogens with zero attached hydrogens (tertiary/aromatic N) is 4. The van der Waals surface area contributed by atoms with E-state index in [2.05, 4.69) is 4.99 Å². The lowest BCUT2D eigenvalue weighted by Crippen LogP contribution is -2.52. The highest BCUT2D eigenvalue weighted by molar-refractivity contribution is 7.92. The summed E-state index contributed by atoms with van der Waals surface area (Å²) in [6.07, 6.45) is -0.480. The predicted molar refractivity (Wildman–Crippen MR) is 126 cm³/mol. The second-order valence-electron chi connectivity index (χ2n) is 7.75. The highest BCUT2D eigenvalue weighted by Crippen LogP contribution is 2.18. The van der Waals surface area contributed by atoms with Crippen molar-refractivity contribution >= 4 is 49.3 Å². The first-order valence-electron chi connectivity index (χ1n) is 10.9. The van der Waals surface area contributed by atoms with Crippen molar-refractivity contribution in [2.24, 2.45) is 4.99 Å². The van der Waals surface area contributed by atoms with E-state index in [9.17, 15) is 27.2 Å². The lowest BCUT2D eigenvalue weighted by Gasteiger charge is -2.34. The molecule has 35 heavy (non-hydrogen) atoms. The van der Waals surface area contributed by atoms with Gasteiger partial charge in [-0.15, -0.1) is 0 Å². The molecule has 0 bridgehead atoms. The first kappa shape index (κ1) is 26.8. The number of methoxy groups -OCH3 is 1. The van der Waals surface area contributed by atoms with Crippen LogP contribution in [-0.2, 0) is 35.4 Å². The molecule has 1 aromatic carbocycles. The fourth-order valence-electron chi connectivity index (χ4n) is 3.54. The van der Waals surface area contributed by atoms with Gasteiger partial charge in [0.2, 0.25) is 5.91 Å². The van der Waals surface area contributed by atoms with Crippen molar-refractivity contribution in [3.05, 3.63) is 28.8 Å². The lowest BCUT2D eigenvalue weighted by atomic mass is 10.3. The van der Waals surface area contributed by atoms with E-state index in [0.29, 0.717) is 23.4 Å². The predicted octanol–water partition coefficient (Wildman–Crippen LogP) is 0.631. The van der Waals surface area contributed by atoms with Gasteiger partial charge >= 0.3 is 6.09 Å². The molecule has 1 aliphatic rings. The van der Waals surface area contributed by atoms with Crippen LogP contribution in [0.2, 0.25) is 0 Å². The maximum Gasteiger partial charge on any atom is 0.409 e. The van der Waals surface area contributed by atoms with E-state index >= 15 is 0 Å². The maximum absolute atomic E-state index is 13.6. The number of rotatable bonds is 8. The third kappa shape index (κ3) is 7.08. The Morgan fingerprint density at radius 3 is 2.46 bits per heavy atom. The monoisotopic (exact) mass is 530 g/mol. The zero-order chi connectivity index (χ0) is 25.6. The van der Waals surface area contributed by atoms with Crippen LogP contribution < -0.4 is 4.80 Å². The van der Waals surface area contributed by atoms with Gasteiger partial charge in [0, 0.05) is 39.8 Å². The minimum atomic E-state index is -4.08. The van der Waals surface area contributed by atoms with Gasteiger partial charge in [-0.2, -0.15) is 4.99 Å². The number of carbonyl (C=O) groups excluding carboxylic acids is 3. The van der Waals surface area contributed by atoms with E-state index in [-0.39, 0.29) is 37.6 Å².